The Hall–Kier alpha value is -0.380. The van der Waals surface area contributed by atoms with Crippen LogP contribution in [0.1, 0.15) is 44.6 Å². The van der Waals surface area contributed by atoms with Crippen molar-refractivity contribution in [2.45, 2.75) is 57.8 Å². The monoisotopic (exact) mass is 325 g/mol. The van der Waals surface area contributed by atoms with E-state index in [-0.39, 0.29) is 6.10 Å². The summed E-state index contributed by atoms with van der Waals surface area (Å²) in [6.07, 6.45) is 7.09. The van der Waals surface area contributed by atoms with E-state index in [0.717, 1.165) is 11.0 Å². The maximum atomic E-state index is 5.91. The van der Waals surface area contributed by atoms with Gasteiger partial charge >= 0.3 is 0 Å². The molecule has 0 saturated heterocycles. The Morgan fingerprint density at radius 1 is 1.26 bits per heavy atom. The van der Waals surface area contributed by atoms with E-state index in [1.165, 1.54) is 37.7 Å². The van der Waals surface area contributed by atoms with E-state index < -0.39 is 0 Å². The first-order valence-corrected chi connectivity index (χ1v) is 8.13. The lowest BCUT2D eigenvalue weighted by Crippen LogP contribution is -2.36. The average molecular weight is 326 g/mol. The van der Waals surface area contributed by atoms with Gasteiger partial charge in [0.25, 0.3) is 0 Å². The van der Waals surface area contributed by atoms with Crippen molar-refractivity contribution in [2.24, 2.45) is 0 Å². The molecule has 1 unspecified atom stereocenters. The zero-order valence-corrected chi connectivity index (χ0v) is 13.3. The Kier molecular flexibility index (Phi) is 6.35. The van der Waals surface area contributed by atoms with Gasteiger partial charge in [0.1, 0.15) is 0 Å². The van der Waals surface area contributed by atoms with Gasteiger partial charge in [-0.15, -0.1) is 0 Å². The molecule has 1 aromatic rings. The summed E-state index contributed by atoms with van der Waals surface area (Å²) in [6.45, 7) is 3.77. The minimum atomic E-state index is 0.258. The Balaban J connectivity index is 1.66. The van der Waals surface area contributed by atoms with Crippen molar-refractivity contribution in [3.8, 4) is 0 Å². The molecule has 1 aromatic carbocycles. The molecule has 19 heavy (non-hydrogen) atoms. The lowest BCUT2D eigenvalue weighted by Gasteiger charge is -2.24. The number of hydrogen-bond donors (Lipinski definition) is 1. The highest BCUT2D eigenvalue weighted by Gasteiger charge is 2.13. The SMILES string of the molecule is CC(CNC1CCCCC1)OCc1ccccc1Br. The van der Waals surface area contributed by atoms with Gasteiger partial charge in [-0.1, -0.05) is 53.4 Å². The molecule has 1 aliphatic rings. The average Bonchev–Trinajstić information content (AvgIpc) is 2.45. The Bertz CT molecular complexity index is 377. The number of nitrogens with one attached hydrogen (secondary N) is 1. The fraction of sp³-hybridized carbons (Fsp3) is 0.625. The molecular formula is C16H24BrNO. The molecule has 0 aromatic heterocycles. The molecule has 106 valence electrons. The van der Waals surface area contributed by atoms with E-state index >= 15 is 0 Å². The zero-order chi connectivity index (χ0) is 13.5. The third kappa shape index (κ3) is 5.25. The van der Waals surface area contributed by atoms with Crippen molar-refractivity contribution in [1.82, 2.24) is 5.32 Å². The zero-order valence-electron chi connectivity index (χ0n) is 11.7. The maximum Gasteiger partial charge on any atom is 0.0732 e. The topological polar surface area (TPSA) is 21.3 Å². The molecule has 2 nitrogen and oxygen atoms in total. The van der Waals surface area contributed by atoms with Crippen LogP contribution in [0.3, 0.4) is 0 Å². The van der Waals surface area contributed by atoms with E-state index in [9.17, 15) is 0 Å². The number of rotatable bonds is 6. The molecular weight excluding hydrogens is 302 g/mol. The first-order chi connectivity index (χ1) is 9.25. The summed E-state index contributed by atoms with van der Waals surface area (Å²) < 4.78 is 7.03. The van der Waals surface area contributed by atoms with Crippen LogP contribution in [0.15, 0.2) is 28.7 Å². The van der Waals surface area contributed by atoms with Crippen LogP contribution in [0.2, 0.25) is 0 Å². The highest BCUT2D eigenvalue weighted by molar-refractivity contribution is 9.10. The Morgan fingerprint density at radius 2 is 2.00 bits per heavy atom. The summed E-state index contributed by atoms with van der Waals surface area (Å²) in [5, 5.41) is 3.64. The van der Waals surface area contributed by atoms with E-state index in [1.807, 2.05) is 12.1 Å². The Morgan fingerprint density at radius 3 is 2.74 bits per heavy atom. The standard InChI is InChI=1S/C16H24BrNO/c1-13(11-18-15-8-3-2-4-9-15)19-12-14-7-5-6-10-16(14)17/h5-7,10,13,15,18H,2-4,8-9,11-12H2,1H3. The summed E-state index contributed by atoms with van der Waals surface area (Å²) in [7, 11) is 0. The molecule has 1 N–H and O–H groups in total. The fourth-order valence-corrected chi connectivity index (χ4v) is 2.94. The fourth-order valence-electron chi connectivity index (χ4n) is 2.55. The van der Waals surface area contributed by atoms with Gasteiger partial charge in [-0.2, -0.15) is 0 Å². The lowest BCUT2D eigenvalue weighted by molar-refractivity contribution is 0.0501. The normalized spacial score (nSPS) is 18.4. The van der Waals surface area contributed by atoms with Crippen LogP contribution in [0.25, 0.3) is 0 Å². The van der Waals surface area contributed by atoms with Gasteiger partial charge in [-0.05, 0) is 31.4 Å². The van der Waals surface area contributed by atoms with Gasteiger partial charge in [0.05, 0.1) is 12.7 Å². The molecule has 1 fully saturated rings. The molecule has 0 bridgehead atoms. The van der Waals surface area contributed by atoms with E-state index in [4.69, 9.17) is 4.74 Å². The third-order valence-corrected chi connectivity index (χ3v) is 4.55. The molecule has 1 saturated carbocycles. The highest BCUT2D eigenvalue weighted by Crippen LogP contribution is 2.18. The highest BCUT2D eigenvalue weighted by atomic mass is 79.9. The van der Waals surface area contributed by atoms with E-state index in [0.29, 0.717) is 12.6 Å². The number of hydrogen-bond acceptors (Lipinski definition) is 2. The van der Waals surface area contributed by atoms with Gasteiger partial charge in [0.2, 0.25) is 0 Å². The minimum absolute atomic E-state index is 0.258. The van der Waals surface area contributed by atoms with Gasteiger partial charge in [0.15, 0.2) is 0 Å². The van der Waals surface area contributed by atoms with Crippen molar-refractivity contribution in [3.63, 3.8) is 0 Å². The minimum Gasteiger partial charge on any atom is -0.372 e. The van der Waals surface area contributed by atoms with Crippen LogP contribution in [-0.4, -0.2) is 18.7 Å². The lowest BCUT2D eigenvalue weighted by atomic mass is 9.95. The summed E-state index contributed by atoms with van der Waals surface area (Å²) in [4.78, 5) is 0. The summed E-state index contributed by atoms with van der Waals surface area (Å²) in [5.41, 5.74) is 1.21. The summed E-state index contributed by atoms with van der Waals surface area (Å²) in [5.74, 6) is 0. The first-order valence-electron chi connectivity index (χ1n) is 7.34. The van der Waals surface area contributed by atoms with Crippen molar-refractivity contribution in [1.29, 1.82) is 0 Å². The molecule has 0 radical (unpaired) electrons. The molecule has 2 rings (SSSR count). The van der Waals surface area contributed by atoms with Crippen molar-refractivity contribution < 1.29 is 4.74 Å². The van der Waals surface area contributed by atoms with Crippen LogP contribution < -0.4 is 5.32 Å². The second-order valence-corrected chi connectivity index (χ2v) is 6.31. The molecule has 0 amide bonds. The molecule has 1 atom stereocenters. The number of halogens is 1. The van der Waals surface area contributed by atoms with Crippen molar-refractivity contribution in [3.05, 3.63) is 34.3 Å². The van der Waals surface area contributed by atoms with Crippen LogP contribution >= 0.6 is 15.9 Å². The maximum absolute atomic E-state index is 5.91. The first kappa shape index (κ1) is 15.0. The largest absolute Gasteiger partial charge is 0.372 e. The van der Waals surface area contributed by atoms with Crippen LogP contribution in [-0.2, 0) is 11.3 Å². The summed E-state index contributed by atoms with van der Waals surface area (Å²) >= 11 is 3.55. The second kappa shape index (κ2) is 8.03. The molecule has 0 spiro atoms. The quantitative estimate of drug-likeness (QED) is 0.843. The van der Waals surface area contributed by atoms with Crippen LogP contribution in [0.5, 0.6) is 0 Å². The van der Waals surface area contributed by atoms with Crippen molar-refractivity contribution >= 4 is 15.9 Å². The van der Waals surface area contributed by atoms with Gasteiger partial charge in [0, 0.05) is 17.1 Å². The molecule has 0 aliphatic heterocycles. The molecule has 0 heterocycles. The third-order valence-electron chi connectivity index (χ3n) is 3.78. The predicted octanol–water partition coefficient (Wildman–Crippen LogP) is 4.28. The number of benzene rings is 1. The predicted molar refractivity (Wildman–Crippen MR) is 83.3 cm³/mol. The smallest absolute Gasteiger partial charge is 0.0732 e. The Labute approximate surface area is 125 Å². The molecule has 3 heteroatoms. The summed E-state index contributed by atoms with van der Waals surface area (Å²) in [6, 6.07) is 8.95. The van der Waals surface area contributed by atoms with Crippen LogP contribution in [0, 0.1) is 0 Å². The van der Waals surface area contributed by atoms with Gasteiger partial charge < -0.3 is 10.1 Å². The second-order valence-electron chi connectivity index (χ2n) is 5.46. The van der Waals surface area contributed by atoms with E-state index in [2.05, 4.69) is 40.3 Å². The van der Waals surface area contributed by atoms with Crippen LogP contribution in [0.4, 0.5) is 0 Å². The van der Waals surface area contributed by atoms with Gasteiger partial charge in [-0.25, -0.2) is 0 Å². The van der Waals surface area contributed by atoms with Gasteiger partial charge in [-0.3, -0.25) is 0 Å². The van der Waals surface area contributed by atoms with E-state index in [1.54, 1.807) is 0 Å². The van der Waals surface area contributed by atoms with Crippen molar-refractivity contribution in [2.75, 3.05) is 6.54 Å². The molecule has 1 aliphatic carbocycles. The number of ether oxygens (including phenoxy) is 1.